The summed E-state index contributed by atoms with van der Waals surface area (Å²) in [6.45, 7) is 0. The molecule has 6 nitrogen and oxygen atoms in total. The van der Waals surface area contributed by atoms with Gasteiger partial charge in [0.15, 0.2) is 9.84 Å². The fraction of sp³-hybridized carbons (Fsp3) is 0.0769. The topological polar surface area (TPSA) is 102 Å². The van der Waals surface area contributed by atoms with E-state index in [1.54, 1.807) is 6.07 Å². The van der Waals surface area contributed by atoms with Gasteiger partial charge >= 0.3 is 0 Å². The van der Waals surface area contributed by atoms with Crippen molar-refractivity contribution in [3.63, 3.8) is 0 Å². The number of hydrogen-bond acceptors (Lipinski definition) is 5. The molecule has 0 aliphatic rings. The Bertz CT molecular complexity index is 740. The SMILES string of the molecule is CS(=O)(=O)c1ccc(NC(=O)c2cc(N)ccn2)cc1. The highest BCUT2D eigenvalue weighted by atomic mass is 32.2. The number of anilines is 2. The van der Waals surface area contributed by atoms with Crippen LogP contribution in [0.3, 0.4) is 0 Å². The zero-order valence-electron chi connectivity index (χ0n) is 10.7. The van der Waals surface area contributed by atoms with Crippen molar-refractivity contribution in [2.24, 2.45) is 0 Å². The highest BCUT2D eigenvalue weighted by molar-refractivity contribution is 7.90. The van der Waals surface area contributed by atoms with Gasteiger partial charge in [0.05, 0.1) is 4.90 Å². The molecule has 0 fully saturated rings. The van der Waals surface area contributed by atoms with Crippen LogP contribution in [0.4, 0.5) is 11.4 Å². The molecule has 0 unspecified atom stereocenters. The average Bonchev–Trinajstić information content (AvgIpc) is 2.38. The fourth-order valence-corrected chi connectivity index (χ4v) is 2.18. The van der Waals surface area contributed by atoms with Crippen LogP contribution in [0.15, 0.2) is 47.5 Å². The van der Waals surface area contributed by atoms with Crippen LogP contribution in [0.25, 0.3) is 0 Å². The Kier molecular flexibility index (Phi) is 3.71. The van der Waals surface area contributed by atoms with Crippen molar-refractivity contribution in [3.05, 3.63) is 48.3 Å². The van der Waals surface area contributed by atoms with Gasteiger partial charge in [0.25, 0.3) is 5.91 Å². The number of pyridine rings is 1. The predicted octanol–water partition coefficient (Wildman–Crippen LogP) is 1.32. The van der Waals surface area contributed by atoms with Gasteiger partial charge in [0.1, 0.15) is 5.69 Å². The number of carbonyl (C=O) groups excluding carboxylic acids is 1. The molecule has 1 aromatic carbocycles. The van der Waals surface area contributed by atoms with Crippen molar-refractivity contribution in [1.82, 2.24) is 4.98 Å². The first-order chi connectivity index (χ1) is 9.36. The van der Waals surface area contributed by atoms with Gasteiger partial charge in [-0.1, -0.05) is 0 Å². The lowest BCUT2D eigenvalue weighted by Gasteiger charge is -2.06. The quantitative estimate of drug-likeness (QED) is 0.888. The van der Waals surface area contributed by atoms with E-state index in [9.17, 15) is 13.2 Å². The fourth-order valence-electron chi connectivity index (χ4n) is 1.55. The molecule has 2 rings (SSSR count). The Hall–Kier alpha value is -2.41. The standard InChI is InChI=1S/C13H13N3O3S/c1-20(18,19)11-4-2-10(3-5-11)16-13(17)12-8-9(14)6-7-15-12/h2-8H,1H3,(H2,14,15)(H,16,17). The van der Waals surface area contributed by atoms with Crippen LogP contribution in [-0.2, 0) is 9.84 Å². The van der Waals surface area contributed by atoms with E-state index in [-0.39, 0.29) is 10.6 Å². The van der Waals surface area contributed by atoms with Gasteiger partial charge in [-0.15, -0.1) is 0 Å². The molecule has 2 aromatic rings. The molecule has 1 amide bonds. The molecule has 0 aliphatic heterocycles. The third-order valence-electron chi connectivity index (χ3n) is 2.56. The highest BCUT2D eigenvalue weighted by Gasteiger charge is 2.10. The number of nitrogens with one attached hydrogen (secondary N) is 1. The lowest BCUT2D eigenvalue weighted by Crippen LogP contribution is -2.14. The molecule has 0 bridgehead atoms. The van der Waals surface area contributed by atoms with Gasteiger partial charge < -0.3 is 11.1 Å². The van der Waals surface area contributed by atoms with E-state index in [1.165, 1.54) is 36.5 Å². The smallest absolute Gasteiger partial charge is 0.274 e. The van der Waals surface area contributed by atoms with Gasteiger partial charge in [-0.2, -0.15) is 0 Å². The van der Waals surface area contributed by atoms with Crippen molar-refractivity contribution in [1.29, 1.82) is 0 Å². The zero-order valence-corrected chi connectivity index (χ0v) is 11.5. The van der Waals surface area contributed by atoms with Crippen LogP contribution < -0.4 is 11.1 Å². The monoisotopic (exact) mass is 291 g/mol. The highest BCUT2D eigenvalue weighted by Crippen LogP contribution is 2.15. The maximum absolute atomic E-state index is 11.9. The number of benzene rings is 1. The molecule has 0 saturated carbocycles. The third-order valence-corrected chi connectivity index (χ3v) is 3.69. The number of nitrogen functional groups attached to an aromatic ring is 1. The first-order valence-corrected chi connectivity index (χ1v) is 7.58. The molecule has 0 atom stereocenters. The Morgan fingerprint density at radius 1 is 1.20 bits per heavy atom. The lowest BCUT2D eigenvalue weighted by molar-refractivity contribution is 0.102. The van der Waals surface area contributed by atoms with E-state index in [0.29, 0.717) is 11.4 Å². The molecular weight excluding hydrogens is 278 g/mol. The summed E-state index contributed by atoms with van der Waals surface area (Å²) in [5, 5.41) is 2.61. The predicted molar refractivity (Wildman–Crippen MR) is 76.2 cm³/mol. The molecule has 3 N–H and O–H groups in total. The van der Waals surface area contributed by atoms with Crippen LogP contribution in [0.1, 0.15) is 10.5 Å². The summed E-state index contributed by atoms with van der Waals surface area (Å²) >= 11 is 0. The second kappa shape index (κ2) is 5.30. The first-order valence-electron chi connectivity index (χ1n) is 5.69. The zero-order chi connectivity index (χ0) is 14.8. The number of hydrogen-bond donors (Lipinski definition) is 2. The van der Waals surface area contributed by atoms with Crippen LogP contribution in [0.5, 0.6) is 0 Å². The summed E-state index contributed by atoms with van der Waals surface area (Å²) < 4.78 is 22.6. The lowest BCUT2D eigenvalue weighted by atomic mass is 10.3. The average molecular weight is 291 g/mol. The maximum Gasteiger partial charge on any atom is 0.274 e. The van der Waals surface area contributed by atoms with Gasteiger partial charge in [0, 0.05) is 23.8 Å². The van der Waals surface area contributed by atoms with Gasteiger partial charge in [-0.3, -0.25) is 9.78 Å². The number of rotatable bonds is 3. The number of amides is 1. The van der Waals surface area contributed by atoms with Crippen molar-refractivity contribution in [2.75, 3.05) is 17.3 Å². The largest absolute Gasteiger partial charge is 0.399 e. The molecule has 20 heavy (non-hydrogen) atoms. The molecule has 0 spiro atoms. The minimum atomic E-state index is -3.25. The van der Waals surface area contributed by atoms with E-state index in [2.05, 4.69) is 10.3 Å². The number of aromatic nitrogens is 1. The van der Waals surface area contributed by atoms with E-state index in [0.717, 1.165) is 6.26 Å². The number of nitrogens with two attached hydrogens (primary N) is 1. The summed E-state index contributed by atoms with van der Waals surface area (Å²) in [5.41, 5.74) is 6.68. The number of nitrogens with zero attached hydrogens (tertiary/aromatic N) is 1. The number of carbonyl (C=O) groups is 1. The maximum atomic E-state index is 11.9. The second-order valence-corrected chi connectivity index (χ2v) is 6.24. The summed E-state index contributed by atoms with van der Waals surface area (Å²) in [5.74, 6) is -0.413. The van der Waals surface area contributed by atoms with Gasteiger partial charge in [-0.25, -0.2) is 8.42 Å². The van der Waals surface area contributed by atoms with Crippen LogP contribution in [-0.4, -0.2) is 25.6 Å². The molecule has 0 radical (unpaired) electrons. The summed E-state index contributed by atoms with van der Waals surface area (Å²) in [6, 6.07) is 8.93. The van der Waals surface area contributed by atoms with Gasteiger partial charge in [0.2, 0.25) is 0 Å². The van der Waals surface area contributed by atoms with Crippen molar-refractivity contribution < 1.29 is 13.2 Å². The molecule has 7 heteroatoms. The molecule has 0 saturated heterocycles. The van der Waals surface area contributed by atoms with Crippen LogP contribution in [0, 0.1) is 0 Å². The van der Waals surface area contributed by atoms with Crippen molar-refractivity contribution >= 4 is 27.1 Å². The summed E-state index contributed by atoms with van der Waals surface area (Å²) in [7, 11) is -3.25. The van der Waals surface area contributed by atoms with Crippen molar-refractivity contribution in [2.45, 2.75) is 4.90 Å². The Labute approximate surface area is 116 Å². The van der Waals surface area contributed by atoms with Crippen LogP contribution in [0.2, 0.25) is 0 Å². The molecular formula is C13H13N3O3S. The Balaban J connectivity index is 2.16. The van der Waals surface area contributed by atoms with E-state index in [1.807, 2.05) is 0 Å². The van der Waals surface area contributed by atoms with E-state index >= 15 is 0 Å². The normalized spacial score (nSPS) is 11.1. The summed E-state index contributed by atoms with van der Waals surface area (Å²) in [4.78, 5) is 16.0. The Morgan fingerprint density at radius 2 is 1.85 bits per heavy atom. The van der Waals surface area contributed by atoms with Crippen molar-refractivity contribution in [3.8, 4) is 0 Å². The minimum Gasteiger partial charge on any atom is -0.399 e. The third kappa shape index (κ3) is 3.33. The molecule has 0 aliphatic carbocycles. The van der Waals surface area contributed by atoms with Crippen LogP contribution >= 0.6 is 0 Å². The molecule has 1 aromatic heterocycles. The van der Waals surface area contributed by atoms with E-state index < -0.39 is 15.7 Å². The summed E-state index contributed by atoms with van der Waals surface area (Å²) in [6.07, 6.45) is 2.56. The number of sulfone groups is 1. The second-order valence-electron chi connectivity index (χ2n) is 4.23. The Morgan fingerprint density at radius 3 is 2.40 bits per heavy atom. The first kappa shape index (κ1) is 14.0. The molecule has 104 valence electrons. The minimum absolute atomic E-state index is 0.192. The molecule has 1 heterocycles. The van der Waals surface area contributed by atoms with Gasteiger partial charge in [-0.05, 0) is 36.4 Å². The van der Waals surface area contributed by atoms with E-state index in [4.69, 9.17) is 5.73 Å².